The Bertz CT molecular complexity index is 507. The first-order chi connectivity index (χ1) is 7.69. The second-order valence-electron chi connectivity index (χ2n) is 4.25. The molecule has 16 heavy (non-hydrogen) atoms. The van der Waals surface area contributed by atoms with Crippen LogP contribution in [0.15, 0.2) is 40.2 Å². The maximum Gasteiger partial charge on any atom is 0.108 e. The van der Waals surface area contributed by atoms with Gasteiger partial charge in [-0.25, -0.2) is 0 Å². The van der Waals surface area contributed by atoms with E-state index in [4.69, 9.17) is 0 Å². The van der Waals surface area contributed by atoms with Crippen molar-refractivity contribution in [2.75, 3.05) is 0 Å². The number of hydrogen-bond acceptors (Lipinski definition) is 2. The largest absolute Gasteiger partial charge is 0.384 e. The van der Waals surface area contributed by atoms with Crippen LogP contribution in [0, 0.1) is 0 Å². The Morgan fingerprint density at radius 1 is 1.12 bits per heavy atom. The van der Waals surface area contributed by atoms with Gasteiger partial charge in [0.1, 0.15) is 5.60 Å². The van der Waals surface area contributed by atoms with Crippen LogP contribution in [0.2, 0.25) is 0 Å². The van der Waals surface area contributed by atoms with Gasteiger partial charge in [0.05, 0.1) is 4.88 Å². The van der Waals surface area contributed by atoms with E-state index >= 15 is 0 Å². The van der Waals surface area contributed by atoms with Gasteiger partial charge in [0.2, 0.25) is 0 Å². The molecule has 0 atom stereocenters. The second kappa shape index (κ2) is 3.69. The van der Waals surface area contributed by atoms with Crippen molar-refractivity contribution in [3.05, 3.63) is 56.2 Å². The minimum absolute atomic E-state index is 0.712. The summed E-state index contributed by atoms with van der Waals surface area (Å²) in [5, 5.41) is 12.7. The summed E-state index contributed by atoms with van der Waals surface area (Å²) >= 11 is 5.13. The fraction of sp³-hybridized carbons (Fsp3) is 0.231. The lowest BCUT2D eigenvalue weighted by Crippen LogP contribution is -2.25. The molecule has 82 valence electrons. The Morgan fingerprint density at radius 3 is 2.25 bits per heavy atom. The number of rotatable bonds is 1. The second-order valence-corrected chi connectivity index (χ2v) is 6.02. The molecular formula is C13H11BrOS. The maximum atomic E-state index is 10.7. The van der Waals surface area contributed by atoms with Crippen LogP contribution < -0.4 is 0 Å². The normalized spacial score (nSPS) is 17.4. The van der Waals surface area contributed by atoms with Gasteiger partial charge >= 0.3 is 0 Å². The quantitative estimate of drug-likeness (QED) is 0.853. The number of aliphatic hydroxyl groups is 1. The zero-order chi connectivity index (χ0) is 11.2. The average molecular weight is 295 g/mol. The third kappa shape index (κ3) is 1.54. The van der Waals surface area contributed by atoms with Crippen molar-refractivity contribution in [2.45, 2.75) is 18.4 Å². The Hall–Kier alpha value is -0.640. The summed E-state index contributed by atoms with van der Waals surface area (Å²) in [7, 11) is 0. The van der Waals surface area contributed by atoms with E-state index in [1.807, 2.05) is 23.6 Å². The predicted octanol–water partition coefficient (Wildman–Crippen LogP) is 3.50. The molecule has 3 rings (SSSR count). The maximum absolute atomic E-state index is 10.7. The summed E-state index contributed by atoms with van der Waals surface area (Å²) in [4.78, 5) is 1.05. The van der Waals surface area contributed by atoms with Crippen LogP contribution in [0.3, 0.4) is 0 Å². The Labute approximate surface area is 107 Å². The molecule has 0 amide bonds. The molecule has 0 saturated carbocycles. The highest BCUT2D eigenvalue weighted by Crippen LogP contribution is 2.42. The number of hydrogen-bond donors (Lipinski definition) is 1. The van der Waals surface area contributed by atoms with Crippen molar-refractivity contribution in [2.24, 2.45) is 0 Å². The highest BCUT2D eigenvalue weighted by atomic mass is 79.9. The summed E-state index contributed by atoms with van der Waals surface area (Å²) in [6, 6.07) is 10.3. The SMILES string of the molecule is OC1(c2sccc2Br)Cc2ccccc2C1. The zero-order valence-electron chi connectivity index (χ0n) is 8.61. The third-order valence-corrected chi connectivity index (χ3v) is 5.16. The third-order valence-electron chi connectivity index (χ3n) is 3.12. The van der Waals surface area contributed by atoms with E-state index in [0.29, 0.717) is 0 Å². The fourth-order valence-electron chi connectivity index (χ4n) is 2.38. The van der Waals surface area contributed by atoms with Gasteiger partial charge in [0.25, 0.3) is 0 Å². The number of fused-ring (bicyclic) bond motifs is 1. The Morgan fingerprint density at radius 2 is 1.75 bits per heavy atom. The molecule has 1 N–H and O–H groups in total. The van der Waals surface area contributed by atoms with Gasteiger partial charge < -0.3 is 5.11 Å². The molecule has 3 heteroatoms. The Balaban J connectivity index is 2.04. The molecule has 0 fully saturated rings. The molecule has 0 radical (unpaired) electrons. The van der Waals surface area contributed by atoms with Crippen molar-refractivity contribution in [3.63, 3.8) is 0 Å². The van der Waals surface area contributed by atoms with Gasteiger partial charge in [-0.1, -0.05) is 24.3 Å². The minimum Gasteiger partial charge on any atom is -0.384 e. The highest BCUT2D eigenvalue weighted by molar-refractivity contribution is 9.10. The minimum atomic E-state index is -0.712. The van der Waals surface area contributed by atoms with E-state index < -0.39 is 5.60 Å². The van der Waals surface area contributed by atoms with Crippen molar-refractivity contribution >= 4 is 27.3 Å². The molecule has 2 aromatic rings. The van der Waals surface area contributed by atoms with E-state index in [-0.39, 0.29) is 0 Å². The van der Waals surface area contributed by atoms with Gasteiger partial charge in [-0.3, -0.25) is 0 Å². The van der Waals surface area contributed by atoms with Crippen molar-refractivity contribution in [3.8, 4) is 0 Å². The monoisotopic (exact) mass is 294 g/mol. The fourth-order valence-corrected chi connectivity index (χ4v) is 4.22. The van der Waals surface area contributed by atoms with Crippen molar-refractivity contribution in [1.29, 1.82) is 0 Å². The van der Waals surface area contributed by atoms with Crippen LogP contribution in [0.4, 0.5) is 0 Å². The highest BCUT2D eigenvalue weighted by Gasteiger charge is 2.38. The van der Waals surface area contributed by atoms with Gasteiger partial charge in [-0.05, 0) is 38.5 Å². The lowest BCUT2D eigenvalue weighted by Gasteiger charge is -2.21. The molecule has 0 bridgehead atoms. The first kappa shape index (κ1) is 10.5. The van der Waals surface area contributed by atoms with E-state index in [1.54, 1.807) is 11.3 Å². The first-order valence-corrected chi connectivity index (χ1v) is 6.89. The summed E-state index contributed by atoms with van der Waals surface area (Å²) in [6.07, 6.45) is 1.45. The van der Waals surface area contributed by atoms with Crippen LogP contribution in [0.25, 0.3) is 0 Å². The first-order valence-electron chi connectivity index (χ1n) is 5.22. The smallest absolute Gasteiger partial charge is 0.108 e. The zero-order valence-corrected chi connectivity index (χ0v) is 11.0. The molecule has 0 spiro atoms. The lowest BCUT2D eigenvalue weighted by atomic mass is 9.98. The summed E-state index contributed by atoms with van der Waals surface area (Å²) in [5.74, 6) is 0. The average Bonchev–Trinajstić information content (AvgIpc) is 2.81. The molecule has 1 aliphatic carbocycles. The van der Waals surface area contributed by atoms with E-state index in [1.165, 1.54) is 11.1 Å². The van der Waals surface area contributed by atoms with E-state index in [0.717, 1.165) is 22.2 Å². The molecule has 1 aromatic heterocycles. The molecule has 1 nitrogen and oxygen atoms in total. The van der Waals surface area contributed by atoms with Crippen LogP contribution in [0.1, 0.15) is 16.0 Å². The predicted molar refractivity (Wildman–Crippen MR) is 69.8 cm³/mol. The van der Waals surface area contributed by atoms with Crippen molar-refractivity contribution < 1.29 is 5.11 Å². The number of thiophene rings is 1. The number of halogens is 1. The molecule has 0 unspecified atom stereocenters. The topological polar surface area (TPSA) is 20.2 Å². The van der Waals surface area contributed by atoms with Crippen LogP contribution >= 0.6 is 27.3 Å². The van der Waals surface area contributed by atoms with Gasteiger partial charge in [0.15, 0.2) is 0 Å². The molecule has 1 aromatic carbocycles. The summed E-state index contributed by atoms with van der Waals surface area (Å²) in [5.41, 5.74) is 1.83. The molecule has 1 heterocycles. The van der Waals surface area contributed by atoms with Crippen LogP contribution in [0.5, 0.6) is 0 Å². The van der Waals surface area contributed by atoms with Gasteiger partial charge in [-0.2, -0.15) is 0 Å². The molecule has 1 aliphatic rings. The van der Waals surface area contributed by atoms with Crippen LogP contribution in [-0.2, 0) is 18.4 Å². The van der Waals surface area contributed by atoms with Gasteiger partial charge in [0, 0.05) is 17.3 Å². The summed E-state index contributed by atoms with van der Waals surface area (Å²) < 4.78 is 1.02. The standard InChI is InChI=1S/C13H11BrOS/c14-11-5-6-16-12(11)13(15)7-9-3-1-2-4-10(9)8-13/h1-6,15H,7-8H2. The molecule has 0 aliphatic heterocycles. The van der Waals surface area contributed by atoms with E-state index in [2.05, 4.69) is 28.1 Å². The van der Waals surface area contributed by atoms with Crippen molar-refractivity contribution in [1.82, 2.24) is 0 Å². The molecule has 0 saturated heterocycles. The molecular weight excluding hydrogens is 284 g/mol. The van der Waals surface area contributed by atoms with Crippen LogP contribution in [-0.4, -0.2) is 5.11 Å². The number of benzene rings is 1. The lowest BCUT2D eigenvalue weighted by molar-refractivity contribution is 0.0514. The van der Waals surface area contributed by atoms with Gasteiger partial charge in [-0.15, -0.1) is 11.3 Å². The summed E-state index contributed by atoms with van der Waals surface area (Å²) in [6.45, 7) is 0. The van der Waals surface area contributed by atoms with E-state index in [9.17, 15) is 5.11 Å². The Kier molecular flexibility index (Phi) is 2.42.